The molecule has 1 saturated heterocycles. The lowest BCUT2D eigenvalue weighted by atomic mass is 10.1. The molecular weight excluding hydrogens is 269 g/mol. The van der Waals surface area contributed by atoms with Gasteiger partial charge >= 0.3 is 0 Å². The summed E-state index contributed by atoms with van der Waals surface area (Å²) >= 11 is 5.59. The molecule has 0 aromatic heterocycles. The van der Waals surface area contributed by atoms with Crippen molar-refractivity contribution in [2.45, 2.75) is 25.4 Å². The number of ether oxygens (including phenoxy) is 1. The van der Waals surface area contributed by atoms with Gasteiger partial charge < -0.3 is 14.7 Å². The Bertz CT molecular complexity index is 410. The van der Waals surface area contributed by atoms with Gasteiger partial charge in [-0.25, -0.2) is 4.39 Å². The molecule has 0 spiro atoms. The van der Waals surface area contributed by atoms with Gasteiger partial charge in [0.2, 0.25) is 0 Å². The van der Waals surface area contributed by atoms with Gasteiger partial charge in [0.05, 0.1) is 5.02 Å². The van der Waals surface area contributed by atoms with Crippen molar-refractivity contribution in [2.75, 3.05) is 26.2 Å². The van der Waals surface area contributed by atoms with Crippen LogP contribution in [-0.2, 0) is 0 Å². The number of piperidine rings is 1. The number of benzene rings is 1. The normalized spacial score (nSPS) is 18.3. The summed E-state index contributed by atoms with van der Waals surface area (Å²) in [5.74, 6) is -0.121. The Kier molecular flexibility index (Phi) is 5.43. The van der Waals surface area contributed by atoms with Crippen LogP contribution in [0.1, 0.15) is 19.3 Å². The molecule has 1 fully saturated rings. The van der Waals surface area contributed by atoms with Gasteiger partial charge in [-0.15, -0.1) is 0 Å². The molecule has 2 rings (SSSR count). The van der Waals surface area contributed by atoms with Gasteiger partial charge in [0.1, 0.15) is 24.3 Å². The molecule has 1 aromatic rings. The molecule has 1 unspecified atom stereocenters. The zero-order chi connectivity index (χ0) is 13.7. The molecule has 1 N–H and O–H groups in total. The summed E-state index contributed by atoms with van der Waals surface area (Å²) in [4.78, 5) is 2.24. The van der Waals surface area contributed by atoms with Gasteiger partial charge in [0.25, 0.3) is 0 Å². The van der Waals surface area contributed by atoms with Crippen LogP contribution >= 0.6 is 11.6 Å². The van der Waals surface area contributed by atoms with Crippen molar-refractivity contribution in [3.05, 3.63) is 29.0 Å². The van der Waals surface area contributed by atoms with E-state index in [4.69, 9.17) is 16.3 Å². The van der Waals surface area contributed by atoms with Crippen LogP contribution in [0.15, 0.2) is 18.2 Å². The molecule has 106 valence electrons. The molecule has 0 bridgehead atoms. The SMILES string of the molecule is OC(COc1ccc(Cl)c(F)c1)CN1CCCCC1. The molecule has 1 atom stereocenters. The molecular formula is C14H19ClFNO2. The first kappa shape index (κ1) is 14.6. The molecule has 5 heteroatoms. The van der Waals surface area contributed by atoms with Crippen LogP contribution in [0.4, 0.5) is 4.39 Å². The maximum Gasteiger partial charge on any atom is 0.145 e. The van der Waals surface area contributed by atoms with Crippen LogP contribution in [0.2, 0.25) is 5.02 Å². The van der Waals surface area contributed by atoms with E-state index in [0.717, 1.165) is 13.1 Å². The van der Waals surface area contributed by atoms with E-state index in [-0.39, 0.29) is 11.6 Å². The minimum Gasteiger partial charge on any atom is -0.491 e. The quantitative estimate of drug-likeness (QED) is 0.904. The van der Waals surface area contributed by atoms with E-state index in [9.17, 15) is 9.50 Å². The average Bonchev–Trinajstić information content (AvgIpc) is 2.41. The lowest BCUT2D eigenvalue weighted by Crippen LogP contribution is -2.38. The van der Waals surface area contributed by atoms with Crippen molar-refractivity contribution in [1.82, 2.24) is 4.90 Å². The number of hydrogen-bond donors (Lipinski definition) is 1. The second-order valence-corrected chi connectivity index (χ2v) is 5.31. The zero-order valence-corrected chi connectivity index (χ0v) is 11.6. The first-order chi connectivity index (χ1) is 9.15. The number of hydrogen-bond acceptors (Lipinski definition) is 3. The monoisotopic (exact) mass is 287 g/mol. The molecule has 0 amide bonds. The Balaban J connectivity index is 1.75. The van der Waals surface area contributed by atoms with E-state index in [0.29, 0.717) is 12.3 Å². The number of halogens is 2. The second kappa shape index (κ2) is 7.08. The number of likely N-dealkylation sites (tertiary alicyclic amines) is 1. The van der Waals surface area contributed by atoms with Gasteiger partial charge in [-0.1, -0.05) is 18.0 Å². The van der Waals surface area contributed by atoms with Crippen molar-refractivity contribution in [3.8, 4) is 5.75 Å². The van der Waals surface area contributed by atoms with Crippen molar-refractivity contribution in [1.29, 1.82) is 0 Å². The molecule has 0 saturated carbocycles. The molecule has 0 aliphatic carbocycles. The third-order valence-corrected chi connectivity index (χ3v) is 3.56. The largest absolute Gasteiger partial charge is 0.491 e. The molecule has 3 nitrogen and oxygen atoms in total. The van der Waals surface area contributed by atoms with E-state index < -0.39 is 11.9 Å². The maximum atomic E-state index is 13.2. The van der Waals surface area contributed by atoms with Crippen LogP contribution < -0.4 is 4.74 Å². The van der Waals surface area contributed by atoms with E-state index in [2.05, 4.69) is 4.90 Å². The molecule has 1 aliphatic heterocycles. The maximum absolute atomic E-state index is 13.2. The predicted molar refractivity (Wildman–Crippen MR) is 73.2 cm³/mol. The highest BCUT2D eigenvalue weighted by Crippen LogP contribution is 2.20. The third kappa shape index (κ3) is 4.64. The van der Waals surface area contributed by atoms with Crippen LogP contribution in [0, 0.1) is 5.82 Å². The average molecular weight is 288 g/mol. The Morgan fingerprint density at radius 1 is 1.32 bits per heavy atom. The van der Waals surface area contributed by atoms with Gasteiger partial charge in [0.15, 0.2) is 0 Å². The number of rotatable bonds is 5. The van der Waals surface area contributed by atoms with Crippen molar-refractivity contribution in [3.63, 3.8) is 0 Å². The lowest BCUT2D eigenvalue weighted by Gasteiger charge is -2.28. The first-order valence-electron chi connectivity index (χ1n) is 6.63. The lowest BCUT2D eigenvalue weighted by molar-refractivity contribution is 0.0616. The van der Waals surface area contributed by atoms with E-state index in [1.165, 1.54) is 31.4 Å². The highest BCUT2D eigenvalue weighted by Gasteiger charge is 2.15. The van der Waals surface area contributed by atoms with Crippen LogP contribution in [0.25, 0.3) is 0 Å². The van der Waals surface area contributed by atoms with Crippen molar-refractivity contribution >= 4 is 11.6 Å². The Labute approximate surface area is 117 Å². The fourth-order valence-electron chi connectivity index (χ4n) is 2.25. The predicted octanol–water partition coefficient (Wildman–Crippen LogP) is 2.70. The summed E-state index contributed by atoms with van der Waals surface area (Å²) < 4.78 is 18.6. The van der Waals surface area contributed by atoms with Crippen LogP contribution in [-0.4, -0.2) is 42.4 Å². The fourth-order valence-corrected chi connectivity index (χ4v) is 2.37. The minimum atomic E-state index is -0.558. The van der Waals surface area contributed by atoms with Crippen LogP contribution in [0.5, 0.6) is 5.75 Å². The van der Waals surface area contributed by atoms with Crippen molar-refractivity contribution in [2.24, 2.45) is 0 Å². The molecule has 1 aliphatic rings. The summed E-state index contributed by atoms with van der Waals surface area (Å²) in [5.41, 5.74) is 0. The standard InChI is InChI=1S/C14H19ClFNO2/c15-13-5-4-12(8-14(13)16)19-10-11(18)9-17-6-2-1-3-7-17/h4-5,8,11,18H,1-3,6-7,9-10H2. The summed E-state index contributed by atoms with van der Waals surface area (Å²) in [6.07, 6.45) is 3.09. The number of nitrogens with zero attached hydrogens (tertiary/aromatic N) is 1. The van der Waals surface area contributed by atoms with E-state index >= 15 is 0 Å². The zero-order valence-electron chi connectivity index (χ0n) is 10.8. The summed E-state index contributed by atoms with van der Waals surface area (Å²) in [5, 5.41) is 9.97. The highest BCUT2D eigenvalue weighted by atomic mass is 35.5. The second-order valence-electron chi connectivity index (χ2n) is 4.90. The van der Waals surface area contributed by atoms with E-state index in [1.54, 1.807) is 6.07 Å². The van der Waals surface area contributed by atoms with Crippen LogP contribution in [0.3, 0.4) is 0 Å². The number of aliphatic hydroxyl groups excluding tert-OH is 1. The van der Waals surface area contributed by atoms with Crippen molar-refractivity contribution < 1.29 is 14.2 Å². The minimum absolute atomic E-state index is 0.0706. The summed E-state index contributed by atoms with van der Waals surface area (Å²) in [6, 6.07) is 4.28. The molecule has 1 heterocycles. The molecule has 0 radical (unpaired) electrons. The third-order valence-electron chi connectivity index (χ3n) is 3.25. The Morgan fingerprint density at radius 2 is 2.05 bits per heavy atom. The summed E-state index contributed by atoms with van der Waals surface area (Å²) in [7, 11) is 0. The highest BCUT2D eigenvalue weighted by molar-refractivity contribution is 6.30. The van der Waals surface area contributed by atoms with E-state index in [1.807, 2.05) is 0 Å². The molecule has 1 aromatic carbocycles. The van der Waals surface area contributed by atoms with Gasteiger partial charge in [0, 0.05) is 12.6 Å². The molecule has 19 heavy (non-hydrogen) atoms. The van der Waals surface area contributed by atoms with Gasteiger partial charge in [-0.05, 0) is 38.1 Å². The Morgan fingerprint density at radius 3 is 2.74 bits per heavy atom. The first-order valence-corrected chi connectivity index (χ1v) is 7.01. The topological polar surface area (TPSA) is 32.7 Å². The summed E-state index contributed by atoms with van der Waals surface area (Å²) in [6.45, 7) is 2.84. The Hall–Kier alpha value is -0.840. The number of aliphatic hydroxyl groups is 1. The van der Waals surface area contributed by atoms with Gasteiger partial charge in [-0.2, -0.15) is 0 Å². The van der Waals surface area contributed by atoms with Gasteiger partial charge in [-0.3, -0.25) is 0 Å². The smallest absolute Gasteiger partial charge is 0.145 e. The fraction of sp³-hybridized carbons (Fsp3) is 0.571. The number of β-amino-alcohol motifs (C(OH)–C–C–N with tert-alkyl or cyclic N) is 1.